The number of ether oxygens (including phenoxy) is 1. The van der Waals surface area contributed by atoms with Crippen LogP contribution in [0, 0.1) is 5.82 Å². The molecule has 3 aromatic rings. The molecule has 0 spiro atoms. The first-order valence-electron chi connectivity index (χ1n) is 7.29. The van der Waals surface area contributed by atoms with Crippen molar-refractivity contribution >= 4 is 21.4 Å². The molecule has 0 saturated heterocycles. The molecule has 2 heterocycles. The highest BCUT2D eigenvalue weighted by molar-refractivity contribution is 7.89. The van der Waals surface area contributed by atoms with Gasteiger partial charge >= 0.3 is 0 Å². The number of hydrogen-bond donors (Lipinski definition) is 1. The van der Waals surface area contributed by atoms with Crippen LogP contribution in [0.2, 0.25) is 0 Å². The van der Waals surface area contributed by atoms with Crippen LogP contribution in [0.5, 0.6) is 5.75 Å². The van der Waals surface area contributed by atoms with Gasteiger partial charge in [0, 0.05) is 24.5 Å². The number of nitrogens with zero attached hydrogens (tertiary/aromatic N) is 1. The fraction of sp³-hybridized carbons (Fsp3) is 0.118. The summed E-state index contributed by atoms with van der Waals surface area (Å²) in [6.45, 7) is 0.0347. The lowest BCUT2D eigenvalue weighted by Gasteiger charge is -2.11. The average Bonchev–Trinajstić information content (AvgIpc) is 3.15. The molecule has 0 fully saturated rings. The van der Waals surface area contributed by atoms with E-state index in [-0.39, 0.29) is 17.2 Å². The second-order valence-corrected chi connectivity index (χ2v) is 7.73. The van der Waals surface area contributed by atoms with Gasteiger partial charge in [0.05, 0.1) is 7.11 Å². The minimum atomic E-state index is -3.93. The summed E-state index contributed by atoms with van der Waals surface area (Å²) >= 11 is 1.57. The molecular formula is C17H15FN2O3S2. The highest BCUT2D eigenvalue weighted by atomic mass is 32.2. The standard InChI is InChI=1S/C17H15FN2O3S2/c1-23-16-3-2-15(18)7-17(16)25(21,22)20-9-12-6-14(10-19-8-12)13-4-5-24-11-13/h2-8,10-11,20H,9H2,1H3. The summed E-state index contributed by atoms with van der Waals surface area (Å²) in [4.78, 5) is 3.91. The van der Waals surface area contributed by atoms with E-state index in [1.54, 1.807) is 23.7 Å². The Balaban J connectivity index is 1.81. The number of thiophene rings is 1. The number of hydrogen-bond acceptors (Lipinski definition) is 5. The third-order valence-corrected chi connectivity index (χ3v) is 5.64. The van der Waals surface area contributed by atoms with Crippen LogP contribution < -0.4 is 9.46 Å². The number of sulfonamides is 1. The summed E-state index contributed by atoms with van der Waals surface area (Å²) in [5.74, 6) is -0.568. The van der Waals surface area contributed by atoms with Crippen molar-refractivity contribution in [3.63, 3.8) is 0 Å². The first kappa shape index (κ1) is 17.5. The van der Waals surface area contributed by atoms with E-state index in [4.69, 9.17) is 4.74 Å². The summed E-state index contributed by atoms with van der Waals surface area (Å²) in [5.41, 5.74) is 2.62. The Morgan fingerprint density at radius 1 is 1.20 bits per heavy atom. The number of benzene rings is 1. The molecule has 5 nitrogen and oxygen atoms in total. The van der Waals surface area contributed by atoms with E-state index >= 15 is 0 Å². The third kappa shape index (κ3) is 4.04. The molecule has 0 bridgehead atoms. The SMILES string of the molecule is COc1ccc(F)cc1S(=O)(=O)NCc1cncc(-c2ccsc2)c1. The minimum absolute atomic E-state index is 0.0347. The Kier molecular flexibility index (Phi) is 5.12. The Bertz CT molecular complexity index is 973. The van der Waals surface area contributed by atoms with E-state index in [9.17, 15) is 12.8 Å². The van der Waals surface area contributed by atoms with Crippen molar-refractivity contribution in [1.82, 2.24) is 9.71 Å². The second kappa shape index (κ2) is 7.30. The molecule has 0 unspecified atom stereocenters. The van der Waals surface area contributed by atoms with Crippen LogP contribution >= 0.6 is 11.3 Å². The molecule has 1 N–H and O–H groups in total. The molecule has 0 atom stereocenters. The van der Waals surface area contributed by atoms with Gasteiger partial charge in [0.1, 0.15) is 16.5 Å². The van der Waals surface area contributed by atoms with Crippen molar-refractivity contribution in [3.8, 4) is 16.9 Å². The fourth-order valence-corrected chi connectivity index (χ4v) is 4.15. The molecule has 0 saturated carbocycles. The van der Waals surface area contributed by atoms with Gasteiger partial charge in [0.15, 0.2) is 0 Å². The quantitative estimate of drug-likeness (QED) is 0.713. The molecule has 0 radical (unpaired) electrons. The van der Waals surface area contributed by atoms with Gasteiger partial charge in [-0.25, -0.2) is 17.5 Å². The predicted octanol–water partition coefficient (Wildman–Crippen LogP) is 3.44. The Hall–Kier alpha value is -2.29. The van der Waals surface area contributed by atoms with Crippen LogP contribution in [-0.4, -0.2) is 20.5 Å². The summed E-state index contributed by atoms with van der Waals surface area (Å²) in [7, 11) is -2.60. The summed E-state index contributed by atoms with van der Waals surface area (Å²) < 4.78 is 45.8. The molecule has 2 aromatic heterocycles. The van der Waals surface area contributed by atoms with Crippen molar-refractivity contribution in [2.45, 2.75) is 11.4 Å². The van der Waals surface area contributed by atoms with E-state index in [0.717, 1.165) is 23.3 Å². The zero-order valence-electron chi connectivity index (χ0n) is 13.3. The molecule has 25 heavy (non-hydrogen) atoms. The van der Waals surface area contributed by atoms with Gasteiger partial charge in [0.2, 0.25) is 10.0 Å². The number of methoxy groups -OCH3 is 1. The largest absolute Gasteiger partial charge is 0.495 e. The molecule has 0 aliphatic rings. The summed E-state index contributed by atoms with van der Waals surface area (Å²) in [5, 5.41) is 3.95. The molecule has 130 valence electrons. The molecule has 0 aliphatic heterocycles. The smallest absolute Gasteiger partial charge is 0.244 e. The average molecular weight is 378 g/mol. The van der Waals surface area contributed by atoms with Gasteiger partial charge in [-0.15, -0.1) is 0 Å². The number of nitrogens with one attached hydrogen (secondary N) is 1. The number of rotatable bonds is 6. The van der Waals surface area contributed by atoms with E-state index in [2.05, 4.69) is 9.71 Å². The van der Waals surface area contributed by atoms with Gasteiger partial charge in [0.25, 0.3) is 0 Å². The van der Waals surface area contributed by atoms with Crippen LogP contribution in [0.25, 0.3) is 11.1 Å². The fourth-order valence-electron chi connectivity index (χ4n) is 2.29. The van der Waals surface area contributed by atoms with Gasteiger partial charge in [-0.2, -0.15) is 11.3 Å². The first-order valence-corrected chi connectivity index (χ1v) is 9.72. The molecular weight excluding hydrogens is 363 g/mol. The van der Waals surface area contributed by atoms with E-state index in [1.807, 2.05) is 22.9 Å². The highest BCUT2D eigenvalue weighted by Gasteiger charge is 2.20. The van der Waals surface area contributed by atoms with Gasteiger partial charge in [-0.3, -0.25) is 4.98 Å². The lowest BCUT2D eigenvalue weighted by atomic mass is 10.1. The molecule has 8 heteroatoms. The zero-order valence-corrected chi connectivity index (χ0v) is 14.9. The van der Waals surface area contributed by atoms with Crippen LogP contribution in [0.15, 0.2) is 58.4 Å². The number of halogens is 1. The maximum absolute atomic E-state index is 13.4. The highest BCUT2D eigenvalue weighted by Crippen LogP contribution is 2.25. The maximum atomic E-state index is 13.4. The molecule has 1 aromatic carbocycles. The minimum Gasteiger partial charge on any atom is -0.495 e. The van der Waals surface area contributed by atoms with E-state index in [0.29, 0.717) is 5.56 Å². The van der Waals surface area contributed by atoms with Gasteiger partial charge < -0.3 is 4.74 Å². The summed E-state index contributed by atoms with van der Waals surface area (Å²) in [6.07, 6.45) is 3.30. The van der Waals surface area contributed by atoms with Crippen molar-refractivity contribution in [2.75, 3.05) is 7.11 Å². The Labute approximate surface area is 149 Å². The van der Waals surface area contributed by atoms with Crippen LogP contribution in [0.1, 0.15) is 5.56 Å². The zero-order chi connectivity index (χ0) is 17.9. The van der Waals surface area contributed by atoms with Crippen molar-refractivity contribution in [2.24, 2.45) is 0 Å². The third-order valence-electron chi connectivity index (χ3n) is 3.53. The topological polar surface area (TPSA) is 68.3 Å². The van der Waals surface area contributed by atoms with Gasteiger partial charge in [-0.05, 0) is 52.2 Å². The monoisotopic (exact) mass is 378 g/mol. The number of pyridine rings is 1. The molecule has 0 amide bonds. The van der Waals surface area contributed by atoms with E-state index in [1.165, 1.54) is 13.2 Å². The normalized spacial score (nSPS) is 11.4. The lowest BCUT2D eigenvalue weighted by Crippen LogP contribution is -2.24. The van der Waals surface area contributed by atoms with E-state index < -0.39 is 15.8 Å². The first-order chi connectivity index (χ1) is 12.0. The van der Waals surface area contributed by atoms with Crippen molar-refractivity contribution in [1.29, 1.82) is 0 Å². The van der Waals surface area contributed by atoms with Crippen LogP contribution in [0.4, 0.5) is 4.39 Å². The summed E-state index contributed by atoms with van der Waals surface area (Å²) in [6, 6.07) is 7.18. The maximum Gasteiger partial charge on any atom is 0.244 e. The van der Waals surface area contributed by atoms with Crippen LogP contribution in [0.3, 0.4) is 0 Å². The predicted molar refractivity (Wildman–Crippen MR) is 94.5 cm³/mol. The molecule has 3 rings (SSSR count). The second-order valence-electron chi connectivity index (χ2n) is 5.21. The lowest BCUT2D eigenvalue weighted by molar-refractivity contribution is 0.400. The van der Waals surface area contributed by atoms with Crippen molar-refractivity contribution < 1.29 is 17.5 Å². The van der Waals surface area contributed by atoms with Crippen LogP contribution in [-0.2, 0) is 16.6 Å². The number of aromatic nitrogens is 1. The molecule has 0 aliphatic carbocycles. The Morgan fingerprint density at radius 2 is 2.04 bits per heavy atom. The van der Waals surface area contributed by atoms with Gasteiger partial charge in [-0.1, -0.05) is 0 Å². The Morgan fingerprint density at radius 3 is 2.76 bits per heavy atom. The van der Waals surface area contributed by atoms with Crippen molar-refractivity contribution in [3.05, 3.63) is 64.9 Å².